The smallest absolute Gasteiger partial charge is 0.258 e. The summed E-state index contributed by atoms with van der Waals surface area (Å²) in [6.45, 7) is 5.20. The fourth-order valence-corrected chi connectivity index (χ4v) is 9.10. The van der Waals surface area contributed by atoms with Crippen molar-refractivity contribution < 1.29 is 23.5 Å². The molecule has 6 aliphatic rings. The van der Waals surface area contributed by atoms with Crippen LogP contribution in [0.2, 0.25) is 0 Å². The molecule has 0 spiro atoms. The summed E-state index contributed by atoms with van der Waals surface area (Å²) in [5, 5.41) is 3.55. The van der Waals surface area contributed by atoms with E-state index >= 15 is 4.39 Å². The van der Waals surface area contributed by atoms with Crippen molar-refractivity contribution in [2.75, 3.05) is 53.0 Å². The molecule has 1 N–H and O–H groups in total. The van der Waals surface area contributed by atoms with Crippen molar-refractivity contribution in [2.45, 2.75) is 87.9 Å². The van der Waals surface area contributed by atoms with Crippen molar-refractivity contribution in [2.24, 2.45) is 17.8 Å². The average molecular weight is 610 g/mol. The van der Waals surface area contributed by atoms with Crippen LogP contribution in [0.3, 0.4) is 0 Å². The van der Waals surface area contributed by atoms with Gasteiger partial charge in [0.25, 0.3) is 5.91 Å². The predicted molar refractivity (Wildman–Crippen MR) is 163 cm³/mol. The number of halogens is 1. The molecule has 5 fully saturated rings. The molecule has 0 bridgehead atoms. The van der Waals surface area contributed by atoms with Gasteiger partial charge in [-0.15, -0.1) is 0 Å². The number of nitrogens with zero attached hydrogens (tertiary/aromatic N) is 4. The molecule has 1 aromatic rings. The molecule has 0 aromatic carbocycles. The lowest BCUT2D eigenvalue weighted by Gasteiger charge is -2.61. The van der Waals surface area contributed by atoms with Gasteiger partial charge in [0, 0.05) is 70.2 Å². The number of nitrogens with one attached hydrogen (secondary N) is 1. The molecule has 1 amide bonds. The van der Waals surface area contributed by atoms with Gasteiger partial charge in [-0.2, -0.15) is 0 Å². The minimum Gasteiger partial charge on any atom is -0.379 e. The van der Waals surface area contributed by atoms with E-state index in [1.165, 1.54) is 19.3 Å². The van der Waals surface area contributed by atoms with Crippen LogP contribution in [0.5, 0.6) is 0 Å². The maximum atomic E-state index is 16.2. The Kier molecular flexibility index (Phi) is 9.04. The summed E-state index contributed by atoms with van der Waals surface area (Å²) >= 11 is 0. The first kappa shape index (κ1) is 30.3. The number of fused-ring (bicyclic) bond motifs is 4. The third-order valence-electron chi connectivity index (χ3n) is 11.4. The summed E-state index contributed by atoms with van der Waals surface area (Å²) < 4.78 is 28.8. The molecular weight excluding hydrogens is 561 g/mol. The number of pyridine rings is 1. The molecule has 0 radical (unpaired) electrons. The number of amides is 1. The second kappa shape index (κ2) is 13.1. The van der Waals surface area contributed by atoms with Crippen LogP contribution in [0.4, 0.5) is 4.39 Å². The Hall–Kier alpha value is -2.40. The van der Waals surface area contributed by atoms with Gasteiger partial charge in [0.05, 0.1) is 49.1 Å². The summed E-state index contributed by atoms with van der Waals surface area (Å²) in [5.41, 5.74) is 1.10. The number of hydrogen-bond donors (Lipinski definition) is 1. The molecule has 4 heterocycles. The zero-order chi connectivity index (χ0) is 30.2. The fourth-order valence-electron chi connectivity index (χ4n) is 9.10. The number of Topliss-reactive ketones (excluding diaryl/α,β-unsaturated/α-hetero) is 1. The van der Waals surface area contributed by atoms with Crippen molar-refractivity contribution in [3.63, 3.8) is 0 Å². The van der Waals surface area contributed by atoms with E-state index in [9.17, 15) is 9.59 Å². The molecule has 7 rings (SSSR count). The number of rotatable bonds is 8. The second-order valence-electron chi connectivity index (χ2n) is 13.9. The molecule has 10 heteroatoms. The Balaban J connectivity index is 1.14. The average Bonchev–Trinajstić information content (AvgIpc) is 3.06. The largest absolute Gasteiger partial charge is 0.379 e. The molecule has 3 aliphatic carbocycles. The standard InChI is InChI=1S/C34H48FN5O4/c1-38(14-11-23-7-4-5-12-36-23)34(42)26-21-40-28-10-9-22-6-2-3-8-24(22)32(28)44-33-29(27(35)20-25(30(33)40)31(26)41)37-13-15-39-16-18-43-19-17-39/h4-5,7,12,21-22,24-25,27-30,32-33,37H,2-3,6,8-11,13-20H2,1H3. The first-order chi connectivity index (χ1) is 21.5. The molecule has 44 heavy (non-hydrogen) atoms. The molecule has 3 saturated carbocycles. The first-order valence-electron chi connectivity index (χ1n) is 17.0. The van der Waals surface area contributed by atoms with Gasteiger partial charge in [0.15, 0.2) is 5.78 Å². The van der Waals surface area contributed by atoms with Crippen LogP contribution in [0.15, 0.2) is 36.2 Å². The van der Waals surface area contributed by atoms with Crippen molar-refractivity contribution in [3.8, 4) is 0 Å². The van der Waals surface area contributed by atoms with Gasteiger partial charge in [-0.25, -0.2) is 4.39 Å². The first-order valence-corrected chi connectivity index (χ1v) is 17.0. The zero-order valence-electron chi connectivity index (χ0n) is 26.0. The van der Waals surface area contributed by atoms with Crippen LogP contribution in [-0.2, 0) is 25.5 Å². The molecular formula is C34H48FN5O4. The van der Waals surface area contributed by atoms with E-state index in [-0.39, 0.29) is 41.9 Å². The molecule has 9 unspecified atom stereocenters. The predicted octanol–water partition coefficient (Wildman–Crippen LogP) is 2.60. The summed E-state index contributed by atoms with van der Waals surface area (Å²) in [4.78, 5) is 38.6. The Morgan fingerprint density at radius 3 is 2.80 bits per heavy atom. The number of carbonyl (C=O) groups is 2. The Labute approximate surface area is 260 Å². The SMILES string of the molecule is CN(CCc1ccccn1)C(=O)C1=CN2C3CCC4CCCCC4C3OC3C(NCCN4CCOCC4)C(F)CC(C1=O)C32. The lowest BCUT2D eigenvalue weighted by molar-refractivity contribution is -0.220. The summed E-state index contributed by atoms with van der Waals surface area (Å²) in [7, 11) is 1.75. The van der Waals surface area contributed by atoms with Crippen LogP contribution in [0.25, 0.3) is 0 Å². The van der Waals surface area contributed by atoms with E-state index in [1.54, 1.807) is 18.1 Å². The highest BCUT2D eigenvalue weighted by Gasteiger charge is 2.60. The van der Waals surface area contributed by atoms with Crippen LogP contribution in [0.1, 0.15) is 50.6 Å². The number of alkyl halides is 1. The van der Waals surface area contributed by atoms with E-state index in [2.05, 4.69) is 20.1 Å². The molecule has 9 atom stereocenters. The number of carbonyl (C=O) groups excluding carboxylic acids is 2. The van der Waals surface area contributed by atoms with Gasteiger partial charge < -0.3 is 24.6 Å². The molecule has 9 nitrogen and oxygen atoms in total. The lowest BCUT2D eigenvalue weighted by Crippen LogP contribution is -2.74. The lowest BCUT2D eigenvalue weighted by atomic mass is 9.64. The van der Waals surface area contributed by atoms with Crippen LogP contribution >= 0.6 is 0 Å². The van der Waals surface area contributed by atoms with E-state index in [4.69, 9.17) is 9.47 Å². The maximum absolute atomic E-state index is 16.2. The topological polar surface area (TPSA) is 87.2 Å². The Morgan fingerprint density at radius 2 is 1.98 bits per heavy atom. The highest BCUT2D eigenvalue weighted by molar-refractivity contribution is 6.20. The minimum atomic E-state index is -1.23. The van der Waals surface area contributed by atoms with E-state index in [0.717, 1.165) is 57.8 Å². The van der Waals surface area contributed by atoms with Crippen molar-refractivity contribution in [1.82, 2.24) is 25.0 Å². The van der Waals surface area contributed by atoms with Gasteiger partial charge in [0.2, 0.25) is 0 Å². The van der Waals surface area contributed by atoms with Gasteiger partial charge >= 0.3 is 0 Å². The van der Waals surface area contributed by atoms with Gasteiger partial charge in [-0.3, -0.25) is 19.5 Å². The number of aromatic nitrogens is 1. The minimum absolute atomic E-state index is 0.00696. The van der Waals surface area contributed by atoms with E-state index in [0.29, 0.717) is 31.3 Å². The van der Waals surface area contributed by atoms with Gasteiger partial charge in [-0.05, 0) is 49.7 Å². The molecule has 240 valence electrons. The summed E-state index contributed by atoms with van der Waals surface area (Å²) in [6, 6.07) is 5.12. The summed E-state index contributed by atoms with van der Waals surface area (Å²) in [6.07, 6.45) is 9.64. The van der Waals surface area contributed by atoms with Crippen LogP contribution in [0, 0.1) is 17.8 Å². The molecule has 1 aromatic heterocycles. The van der Waals surface area contributed by atoms with Crippen molar-refractivity contribution in [1.29, 1.82) is 0 Å². The number of ketones is 1. The van der Waals surface area contributed by atoms with Crippen LogP contribution in [-0.4, -0.2) is 121 Å². The number of morpholine rings is 2. The summed E-state index contributed by atoms with van der Waals surface area (Å²) in [5.74, 6) is -0.0121. The van der Waals surface area contributed by atoms with Crippen LogP contribution < -0.4 is 5.32 Å². The number of likely N-dealkylation sites (N-methyl/N-ethyl adjacent to an activating group) is 1. The Bertz CT molecular complexity index is 1210. The Morgan fingerprint density at radius 1 is 1.14 bits per heavy atom. The van der Waals surface area contributed by atoms with E-state index < -0.39 is 24.2 Å². The maximum Gasteiger partial charge on any atom is 0.258 e. The quantitative estimate of drug-likeness (QED) is 0.451. The number of ether oxygens (including phenoxy) is 2. The highest BCUT2D eigenvalue weighted by atomic mass is 19.1. The van der Waals surface area contributed by atoms with Crippen molar-refractivity contribution >= 4 is 11.7 Å². The van der Waals surface area contributed by atoms with Crippen molar-refractivity contribution in [3.05, 3.63) is 41.9 Å². The molecule has 2 saturated heterocycles. The van der Waals surface area contributed by atoms with E-state index in [1.807, 2.05) is 24.4 Å². The number of hydrogen-bond acceptors (Lipinski definition) is 8. The zero-order valence-corrected chi connectivity index (χ0v) is 26.0. The fraction of sp³-hybridized carbons (Fsp3) is 0.735. The third kappa shape index (κ3) is 5.83. The molecule has 3 aliphatic heterocycles. The third-order valence-corrected chi connectivity index (χ3v) is 11.4. The second-order valence-corrected chi connectivity index (χ2v) is 13.9. The van der Waals surface area contributed by atoms with Gasteiger partial charge in [-0.1, -0.05) is 25.3 Å². The normalized spacial score (nSPS) is 37.0. The highest BCUT2D eigenvalue weighted by Crippen LogP contribution is 2.50. The van der Waals surface area contributed by atoms with Gasteiger partial charge in [0.1, 0.15) is 6.17 Å². The monoisotopic (exact) mass is 609 g/mol.